The van der Waals surface area contributed by atoms with Crippen LogP contribution in [0.2, 0.25) is 0 Å². The minimum Gasteiger partial charge on any atom is -0.444 e. The molecule has 0 aliphatic carbocycles. The Labute approximate surface area is 184 Å². The Kier molecular flexibility index (Phi) is 6.99. The Balaban J connectivity index is 1.59. The molecule has 31 heavy (non-hydrogen) atoms. The van der Waals surface area contributed by atoms with Crippen molar-refractivity contribution in [2.24, 2.45) is 16.1 Å². The van der Waals surface area contributed by atoms with Crippen molar-refractivity contribution in [3.8, 4) is 12.3 Å². The van der Waals surface area contributed by atoms with Gasteiger partial charge in [0, 0.05) is 57.2 Å². The quantitative estimate of drug-likeness (QED) is 0.638. The molecule has 7 heteroatoms. The molecule has 2 aliphatic rings. The molecule has 0 aromatic heterocycles. The van der Waals surface area contributed by atoms with Crippen molar-refractivity contribution in [1.82, 2.24) is 10.2 Å². The van der Waals surface area contributed by atoms with Crippen molar-refractivity contribution in [2.45, 2.75) is 63.6 Å². The summed E-state index contributed by atoms with van der Waals surface area (Å²) in [6.07, 6.45) is 7.21. The largest absolute Gasteiger partial charge is 0.444 e. The zero-order valence-corrected chi connectivity index (χ0v) is 18.6. The topological polar surface area (TPSA) is 83.4 Å². The fraction of sp³-hybridized carbons (Fsp3) is 0.583. The molecule has 1 saturated heterocycles. The first-order valence-electron chi connectivity index (χ1n) is 10.9. The van der Waals surface area contributed by atoms with E-state index in [-0.39, 0.29) is 17.7 Å². The lowest BCUT2D eigenvalue weighted by Crippen LogP contribution is -2.37. The summed E-state index contributed by atoms with van der Waals surface area (Å²) < 4.78 is 5.36. The van der Waals surface area contributed by atoms with Crippen LogP contribution in [-0.4, -0.2) is 47.8 Å². The molecule has 2 amide bonds. The van der Waals surface area contributed by atoms with Crippen molar-refractivity contribution in [1.29, 1.82) is 0 Å². The molecule has 0 saturated carbocycles. The minimum absolute atomic E-state index is 0.0954. The fourth-order valence-electron chi connectivity index (χ4n) is 4.02. The third-order valence-electron chi connectivity index (χ3n) is 5.72. The van der Waals surface area contributed by atoms with Crippen LogP contribution in [0.5, 0.6) is 0 Å². The molecule has 2 heterocycles. The highest BCUT2D eigenvalue weighted by Crippen LogP contribution is 2.38. The van der Waals surface area contributed by atoms with Gasteiger partial charge in [-0.25, -0.2) is 4.79 Å². The maximum atomic E-state index is 12.9. The van der Waals surface area contributed by atoms with Crippen LogP contribution >= 0.6 is 0 Å². The number of hydrogen-bond donors (Lipinski definition) is 1. The number of alkyl carbamates (subject to hydrolysis) is 1. The highest BCUT2D eigenvalue weighted by atomic mass is 16.6. The highest BCUT2D eigenvalue weighted by molar-refractivity contribution is 5.77. The van der Waals surface area contributed by atoms with Gasteiger partial charge >= 0.3 is 6.09 Å². The van der Waals surface area contributed by atoms with Gasteiger partial charge in [-0.1, -0.05) is 30.3 Å². The second kappa shape index (κ2) is 9.51. The zero-order chi connectivity index (χ0) is 22.5. The fourth-order valence-corrected chi connectivity index (χ4v) is 4.02. The Morgan fingerprint density at radius 2 is 1.94 bits per heavy atom. The van der Waals surface area contributed by atoms with Gasteiger partial charge < -0.3 is 15.0 Å². The first-order chi connectivity index (χ1) is 14.7. The second-order valence-corrected chi connectivity index (χ2v) is 9.35. The predicted molar refractivity (Wildman–Crippen MR) is 118 cm³/mol. The average Bonchev–Trinajstić information content (AvgIpc) is 3.37. The summed E-state index contributed by atoms with van der Waals surface area (Å²) in [5.41, 5.74) is 0.180. The smallest absolute Gasteiger partial charge is 0.407 e. The normalized spacial score (nSPS) is 21.4. The number of nitrogens with zero attached hydrogens (tertiary/aromatic N) is 3. The molecular weight excluding hydrogens is 392 g/mol. The van der Waals surface area contributed by atoms with Gasteiger partial charge in [0.2, 0.25) is 5.91 Å². The van der Waals surface area contributed by atoms with Crippen molar-refractivity contribution in [2.75, 3.05) is 19.6 Å². The van der Waals surface area contributed by atoms with Crippen molar-refractivity contribution in [3.63, 3.8) is 0 Å². The molecule has 0 spiro atoms. The Morgan fingerprint density at radius 1 is 1.23 bits per heavy atom. The molecule has 7 nitrogen and oxygen atoms in total. The van der Waals surface area contributed by atoms with Gasteiger partial charge in [-0.05, 0) is 26.3 Å². The summed E-state index contributed by atoms with van der Waals surface area (Å²) in [5.74, 6) is 2.98. The monoisotopic (exact) mass is 424 g/mol. The van der Waals surface area contributed by atoms with Gasteiger partial charge in [-0.2, -0.15) is 10.2 Å². The first kappa shape index (κ1) is 22.8. The number of carbonyl (C=O) groups is 2. The first-order valence-corrected chi connectivity index (χ1v) is 10.9. The van der Waals surface area contributed by atoms with Crippen LogP contribution in [-0.2, 0) is 9.53 Å². The van der Waals surface area contributed by atoms with Gasteiger partial charge in [0.25, 0.3) is 0 Å². The Bertz CT molecular complexity index is 848. The molecule has 0 radical (unpaired) electrons. The lowest BCUT2D eigenvalue weighted by molar-refractivity contribution is -0.130. The lowest BCUT2D eigenvalue weighted by Gasteiger charge is -2.22. The molecule has 166 valence electrons. The molecule has 2 aliphatic heterocycles. The molecule has 1 aromatic rings. The maximum Gasteiger partial charge on any atom is 0.407 e. The van der Waals surface area contributed by atoms with Crippen molar-refractivity contribution < 1.29 is 14.3 Å². The van der Waals surface area contributed by atoms with E-state index < -0.39 is 17.4 Å². The van der Waals surface area contributed by atoms with Crippen LogP contribution in [0.1, 0.15) is 57.9 Å². The molecule has 1 N–H and O–H groups in total. The van der Waals surface area contributed by atoms with Crippen LogP contribution < -0.4 is 5.32 Å². The average molecular weight is 425 g/mol. The predicted octanol–water partition coefficient (Wildman–Crippen LogP) is 4.11. The molecule has 1 fully saturated rings. The number of nitrogens with one attached hydrogen (secondary N) is 1. The molecular formula is C24H32N4O3. The van der Waals surface area contributed by atoms with E-state index in [9.17, 15) is 9.59 Å². The number of benzene rings is 1. The summed E-state index contributed by atoms with van der Waals surface area (Å²) in [6.45, 7) is 7.20. The van der Waals surface area contributed by atoms with Crippen LogP contribution in [0.3, 0.4) is 0 Å². The lowest BCUT2D eigenvalue weighted by atomic mass is 9.89. The third-order valence-corrected chi connectivity index (χ3v) is 5.72. The van der Waals surface area contributed by atoms with Crippen LogP contribution in [0.15, 0.2) is 40.6 Å². The number of rotatable bonds is 8. The Hall–Kier alpha value is -2.88. The van der Waals surface area contributed by atoms with Crippen LogP contribution in [0.4, 0.5) is 4.79 Å². The second-order valence-electron chi connectivity index (χ2n) is 9.35. The van der Waals surface area contributed by atoms with E-state index in [1.807, 2.05) is 43.9 Å². The molecule has 0 unspecified atom stereocenters. The standard InChI is InChI=1S/C24H32N4O3/c1-5-6-13-24(26-27-24)14-12-21(29)28-16-19(15-25-22(30)31-23(2,3)4)20(17-28)18-10-8-7-9-11-18/h1,7-11,19-20H,6,12-17H2,2-4H3,(H,25,30)/t19-,20+/m1/s1. The van der Waals surface area contributed by atoms with Crippen molar-refractivity contribution >= 4 is 12.0 Å². The van der Waals surface area contributed by atoms with Gasteiger partial charge in [0.1, 0.15) is 5.60 Å². The van der Waals surface area contributed by atoms with E-state index in [0.717, 1.165) is 0 Å². The summed E-state index contributed by atoms with van der Waals surface area (Å²) >= 11 is 0. The van der Waals surface area contributed by atoms with E-state index in [2.05, 4.69) is 33.6 Å². The SMILES string of the molecule is C#CCCC1(CCC(=O)N2C[C@@H](CNC(=O)OC(C)(C)C)[C@H](c3ccccc3)C2)N=N1. The zero-order valence-electron chi connectivity index (χ0n) is 18.6. The summed E-state index contributed by atoms with van der Waals surface area (Å²) in [5, 5.41) is 11.1. The van der Waals surface area contributed by atoms with Crippen LogP contribution in [0.25, 0.3) is 0 Å². The number of terminal acetylenes is 1. The van der Waals surface area contributed by atoms with Crippen molar-refractivity contribution in [3.05, 3.63) is 35.9 Å². The maximum absolute atomic E-state index is 12.9. The number of amides is 2. The Morgan fingerprint density at radius 3 is 2.55 bits per heavy atom. The van der Waals surface area contributed by atoms with E-state index in [0.29, 0.717) is 45.3 Å². The van der Waals surface area contributed by atoms with Gasteiger partial charge in [-0.3, -0.25) is 4.79 Å². The van der Waals surface area contributed by atoms with Gasteiger partial charge in [-0.15, -0.1) is 12.3 Å². The highest BCUT2D eigenvalue weighted by Gasteiger charge is 2.41. The summed E-state index contributed by atoms with van der Waals surface area (Å²) in [7, 11) is 0. The van der Waals surface area contributed by atoms with E-state index in [4.69, 9.17) is 11.2 Å². The third kappa shape index (κ3) is 6.55. The van der Waals surface area contributed by atoms with E-state index in [1.165, 1.54) is 5.56 Å². The number of hydrogen-bond acceptors (Lipinski definition) is 5. The molecule has 1 aromatic carbocycles. The molecule has 2 atom stereocenters. The van der Waals surface area contributed by atoms with Gasteiger partial charge in [0.15, 0.2) is 5.66 Å². The molecule has 3 rings (SSSR count). The van der Waals surface area contributed by atoms with E-state index >= 15 is 0 Å². The minimum atomic E-state index is -0.547. The summed E-state index contributed by atoms with van der Waals surface area (Å²) in [6, 6.07) is 10.1. The summed E-state index contributed by atoms with van der Waals surface area (Å²) in [4.78, 5) is 27.0. The van der Waals surface area contributed by atoms with Crippen LogP contribution in [0, 0.1) is 18.3 Å². The van der Waals surface area contributed by atoms with Gasteiger partial charge in [0.05, 0.1) is 0 Å². The molecule has 0 bridgehead atoms. The number of ether oxygens (including phenoxy) is 1. The number of likely N-dealkylation sites (tertiary alicyclic amines) is 1. The van der Waals surface area contributed by atoms with E-state index in [1.54, 1.807) is 0 Å². The number of carbonyl (C=O) groups excluding carboxylic acids is 2.